The number of allylic oxidation sites excluding steroid dienone is 1. The van der Waals surface area contributed by atoms with Crippen LogP contribution in [0.4, 0.5) is 13.2 Å². The van der Waals surface area contributed by atoms with Gasteiger partial charge in [0, 0.05) is 6.08 Å². The highest BCUT2D eigenvalue weighted by Gasteiger charge is 2.29. The first-order chi connectivity index (χ1) is 7.84. The van der Waals surface area contributed by atoms with Gasteiger partial charge in [0.05, 0.1) is 5.56 Å². The zero-order valence-corrected chi connectivity index (χ0v) is 9.08. The summed E-state index contributed by atoms with van der Waals surface area (Å²) < 4.78 is 36.9. The maximum Gasteiger partial charge on any atom is 0.416 e. The third-order valence-electron chi connectivity index (χ3n) is 2.26. The summed E-state index contributed by atoms with van der Waals surface area (Å²) in [6.45, 7) is 1.74. The smallest absolute Gasteiger partial charge is 0.416 e. The second kappa shape index (κ2) is 5.03. The molecule has 0 heterocycles. The highest BCUT2D eigenvalue weighted by Crippen LogP contribution is 2.30. The molecule has 1 N–H and O–H groups in total. The molecule has 1 aromatic carbocycles. The van der Waals surface area contributed by atoms with Crippen molar-refractivity contribution in [3.8, 4) is 0 Å². The van der Waals surface area contributed by atoms with Crippen molar-refractivity contribution in [2.45, 2.75) is 19.5 Å². The van der Waals surface area contributed by atoms with Crippen molar-refractivity contribution in [3.63, 3.8) is 0 Å². The first-order valence-electron chi connectivity index (χ1n) is 4.95. The van der Waals surface area contributed by atoms with Gasteiger partial charge >= 0.3 is 12.1 Å². The second-order valence-electron chi connectivity index (χ2n) is 3.44. The van der Waals surface area contributed by atoms with E-state index in [1.54, 1.807) is 6.92 Å². The molecule has 0 fully saturated rings. The Kier molecular flexibility index (Phi) is 3.93. The topological polar surface area (TPSA) is 37.3 Å². The Labute approximate surface area is 96.4 Å². The third-order valence-corrected chi connectivity index (χ3v) is 2.26. The molecule has 0 spiro atoms. The largest absolute Gasteiger partial charge is 0.478 e. The van der Waals surface area contributed by atoms with E-state index in [2.05, 4.69) is 0 Å². The third kappa shape index (κ3) is 3.62. The van der Waals surface area contributed by atoms with Gasteiger partial charge in [0.2, 0.25) is 0 Å². The van der Waals surface area contributed by atoms with Crippen LogP contribution in [0.15, 0.2) is 30.3 Å². The molecule has 5 heteroatoms. The molecule has 0 bridgehead atoms. The summed E-state index contributed by atoms with van der Waals surface area (Å²) in [5, 5.41) is 8.60. The Morgan fingerprint density at radius 3 is 2.18 bits per heavy atom. The van der Waals surface area contributed by atoms with Crippen LogP contribution in [0.5, 0.6) is 0 Å². The number of carbonyl (C=O) groups is 1. The summed E-state index contributed by atoms with van der Waals surface area (Å²) in [5.74, 6) is -1.11. The lowest BCUT2D eigenvalue weighted by Gasteiger charge is -2.08. The van der Waals surface area contributed by atoms with Gasteiger partial charge in [-0.3, -0.25) is 0 Å². The lowest BCUT2D eigenvalue weighted by molar-refractivity contribution is -0.137. The van der Waals surface area contributed by atoms with Crippen molar-refractivity contribution in [1.82, 2.24) is 0 Å². The fourth-order valence-corrected chi connectivity index (χ4v) is 1.41. The number of rotatable bonds is 3. The Morgan fingerprint density at radius 2 is 1.82 bits per heavy atom. The average molecular weight is 244 g/mol. The molecule has 0 unspecified atom stereocenters. The number of halogens is 3. The minimum absolute atomic E-state index is 0.442. The van der Waals surface area contributed by atoms with Crippen molar-refractivity contribution in [2.75, 3.05) is 0 Å². The molecule has 0 aliphatic carbocycles. The fourth-order valence-electron chi connectivity index (χ4n) is 1.41. The van der Waals surface area contributed by atoms with E-state index in [9.17, 15) is 18.0 Å². The van der Waals surface area contributed by atoms with Crippen molar-refractivity contribution < 1.29 is 23.1 Å². The lowest BCUT2D eigenvalue weighted by atomic mass is 10.0. The predicted octanol–water partition coefficient (Wildman–Crippen LogP) is 3.58. The molecule has 0 aliphatic heterocycles. The summed E-state index contributed by atoms with van der Waals surface area (Å²) in [7, 11) is 0. The van der Waals surface area contributed by atoms with Crippen LogP contribution in [-0.4, -0.2) is 11.1 Å². The van der Waals surface area contributed by atoms with Crippen molar-refractivity contribution in [3.05, 3.63) is 41.5 Å². The van der Waals surface area contributed by atoms with Gasteiger partial charge in [-0.15, -0.1) is 0 Å². The van der Waals surface area contributed by atoms with Crippen LogP contribution < -0.4 is 0 Å². The number of carboxylic acids is 1. The molecule has 1 rings (SSSR count). The zero-order valence-electron chi connectivity index (χ0n) is 9.08. The first-order valence-corrected chi connectivity index (χ1v) is 4.95. The normalized spacial score (nSPS) is 12.6. The van der Waals surface area contributed by atoms with Crippen LogP contribution in [-0.2, 0) is 11.0 Å². The van der Waals surface area contributed by atoms with Gasteiger partial charge in [0.15, 0.2) is 0 Å². The van der Waals surface area contributed by atoms with Gasteiger partial charge in [-0.2, -0.15) is 13.2 Å². The van der Waals surface area contributed by atoms with Gasteiger partial charge in [-0.25, -0.2) is 4.79 Å². The summed E-state index contributed by atoms with van der Waals surface area (Å²) in [6.07, 6.45) is -2.93. The molecule has 17 heavy (non-hydrogen) atoms. The maximum atomic E-state index is 12.3. The number of aliphatic carboxylic acids is 1. The minimum atomic E-state index is -4.37. The highest BCUT2D eigenvalue weighted by molar-refractivity contribution is 5.89. The molecular weight excluding hydrogens is 233 g/mol. The van der Waals surface area contributed by atoms with E-state index in [1.807, 2.05) is 0 Å². The highest BCUT2D eigenvalue weighted by atomic mass is 19.4. The van der Waals surface area contributed by atoms with E-state index >= 15 is 0 Å². The summed E-state index contributed by atoms with van der Waals surface area (Å²) >= 11 is 0. The summed E-state index contributed by atoms with van der Waals surface area (Å²) in [4.78, 5) is 10.5. The Balaban J connectivity index is 3.05. The molecular formula is C12H11F3O2. The van der Waals surface area contributed by atoms with Crippen LogP contribution in [0.3, 0.4) is 0 Å². The van der Waals surface area contributed by atoms with Gasteiger partial charge in [-0.05, 0) is 29.7 Å². The van der Waals surface area contributed by atoms with Crippen molar-refractivity contribution >= 4 is 11.5 Å². The Bertz CT molecular complexity index is 430. The first kappa shape index (κ1) is 13.3. The van der Waals surface area contributed by atoms with Gasteiger partial charge in [0.25, 0.3) is 0 Å². The molecule has 0 atom stereocenters. The Hall–Kier alpha value is -1.78. The molecule has 0 saturated heterocycles. The predicted molar refractivity (Wildman–Crippen MR) is 57.3 cm³/mol. The van der Waals surface area contributed by atoms with E-state index in [4.69, 9.17) is 5.11 Å². The molecule has 0 saturated carbocycles. The number of hydrogen-bond donors (Lipinski definition) is 1. The van der Waals surface area contributed by atoms with Crippen LogP contribution in [0.25, 0.3) is 5.57 Å². The van der Waals surface area contributed by atoms with Gasteiger partial charge in [-0.1, -0.05) is 19.1 Å². The molecule has 2 nitrogen and oxygen atoms in total. The molecule has 0 aromatic heterocycles. The fraction of sp³-hybridized carbons (Fsp3) is 0.250. The van der Waals surface area contributed by atoms with E-state index in [-0.39, 0.29) is 0 Å². The molecule has 0 aliphatic rings. The number of benzene rings is 1. The summed E-state index contributed by atoms with van der Waals surface area (Å²) in [6, 6.07) is 4.45. The van der Waals surface area contributed by atoms with Crippen LogP contribution in [0.1, 0.15) is 24.5 Å². The van der Waals surface area contributed by atoms with E-state index in [0.717, 1.165) is 18.2 Å². The summed E-state index contributed by atoms with van der Waals surface area (Å²) in [5.41, 5.74) is 0.237. The SMILES string of the molecule is CCC(=CC(=O)O)c1ccc(C(F)(F)F)cc1. The second-order valence-corrected chi connectivity index (χ2v) is 3.44. The minimum Gasteiger partial charge on any atom is -0.478 e. The molecule has 92 valence electrons. The van der Waals surface area contributed by atoms with Crippen LogP contribution in [0, 0.1) is 0 Å². The van der Waals surface area contributed by atoms with Gasteiger partial charge < -0.3 is 5.11 Å². The average Bonchev–Trinajstić information content (AvgIpc) is 2.24. The van der Waals surface area contributed by atoms with Gasteiger partial charge in [0.1, 0.15) is 0 Å². The van der Waals surface area contributed by atoms with Crippen LogP contribution >= 0.6 is 0 Å². The quantitative estimate of drug-likeness (QED) is 0.825. The number of alkyl halides is 3. The molecule has 0 amide bonds. The monoisotopic (exact) mass is 244 g/mol. The van der Waals surface area contributed by atoms with Crippen LogP contribution in [0.2, 0.25) is 0 Å². The standard InChI is InChI=1S/C12H11F3O2/c1-2-8(7-11(16)17)9-3-5-10(6-4-9)12(13,14)15/h3-7H,2H2,1H3,(H,16,17). The van der Waals surface area contributed by atoms with Crippen molar-refractivity contribution in [2.24, 2.45) is 0 Å². The molecule has 0 radical (unpaired) electrons. The maximum absolute atomic E-state index is 12.3. The van der Waals surface area contributed by atoms with E-state index in [0.29, 0.717) is 17.6 Å². The number of carboxylic acid groups (broad SMARTS) is 1. The zero-order chi connectivity index (χ0) is 13.1. The van der Waals surface area contributed by atoms with Crippen molar-refractivity contribution in [1.29, 1.82) is 0 Å². The van der Waals surface area contributed by atoms with E-state index in [1.165, 1.54) is 12.1 Å². The van der Waals surface area contributed by atoms with E-state index < -0.39 is 17.7 Å². The molecule has 1 aromatic rings. The lowest BCUT2D eigenvalue weighted by Crippen LogP contribution is -2.04. The Morgan fingerprint density at radius 1 is 1.29 bits per heavy atom. The number of hydrogen-bond acceptors (Lipinski definition) is 1.